The predicted octanol–water partition coefficient (Wildman–Crippen LogP) is 2.38. The number of hydrogen-bond acceptors (Lipinski definition) is 3. The van der Waals surface area contributed by atoms with Crippen molar-refractivity contribution in [1.29, 1.82) is 0 Å². The van der Waals surface area contributed by atoms with Crippen LogP contribution in [0.4, 0.5) is 4.79 Å². The number of piperidine rings is 1. The summed E-state index contributed by atoms with van der Waals surface area (Å²) in [5.74, 6) is 0.109. The Morgan fingerprint density at radius 3 is 2.83 bits per heavy atom. The zero-order valence-corrected chi connectivity index (χ0v) is 10.5. The number of nitrogens with zero attached hydrogens (tertiary/aromatic N) is 1. The van der Waals surface area contributed by atoms with E-state index < -0.39 is 6.09 Å². The maximum Gasteiger partial charge on any atom is 0.410 e. The van der Waals surface area contributed by atoms with E-state index in [4.69, 9.17) is 4.74 Å². The molecule has 1 aliphatic heterocycles. The van der Waals surface area contributed by atoms with Gasteiger partial charge in [0.05, 0.1) is 6.04 Å². The van der Waals surface area contributed by atoms with Crippen LogP contribution in [-0.2, 0) is 16.1 Å². The summed E-state index contributed by atoms with van der Waals surface area (Å²) in [4.78, 5) is 24.9. The minimum absolute atomic E-state index is 0.109. The minimum atomic E-state index is -0.403. The molecule has 1 saturated heterocycles. The molecule has 0 bridgehead atoms. The first-order chi connectivity index (χ1) is 8.68. The second-order valence-electron chi connectivity index (χ2n) is 4.48. The van der Waals surface area contributed by atoms with E-state index >= 15 is 0 Å². The highest BCUT2D eigenvalue weighted by molar-refractivity contribution is 5.88. The Hall–Kier alpha value is -1.84. The number of carbonyl (C=O) groups is 2. The molecular weight excluding hydrogens is 230 g/mol. The van der Waals surface area contributed by atoms with Crippen LogP contribution >= 0.6 is 0 Å². The molecule has 4 heteroatoms. The lowest BCUT2D eigenvalue weighted by Gasteiger charge is -2.31. The van der Waals surface area contributed by atoms with Gasteiger partial charge in [-0.3, -0.25) is 9.69 Å². The number of rotatable bonds is 2. The summed E-state index contributed by atoms with van der Waals surface area (Å²) in [6.45, 7) is 2.60. The quantitative estimate of drug-likeness (QED) is 0.806. The molecule has 0 saturated carbocycles. The van der Waals surface area contributed by atoms with Gasteiger partial charge in [-0.25, -0.2) is 4.79 Å². The summed E-state index contributed by atoms with van der Waals surface area (Å²) < 4.78 is 5.22. The monoisotopic (exact) mass is 247 g/mol. The van der Waals surface area contributed by atoms with Gasteiger partial charge < -0.3 is 4.74 Å². The van der Waals surface area contributed by atoms with E-state index in [0.29, 0.717) is 13.0 Å². The van der Waals surface area contributed by atoms with Crippen molar-refractivity contribution in [1.82, 2.24) is 4.90 Å². The van der Waals surface area contributed by atoms with Crippen LogP contribution in [0.3, 0.4) is 0 Å². The van der Waals surface area contributed by atoms with Crippen LogP contribution < -0.4 is 0 Å². The van der Waals surface area contributed by atoms with Gasteiger partial charge in [0.1, 0.15) is 6.61 Å². The molecule has 0 aliphatic carbocycles. The Balaban J connectivity index is 1.90. The zero-order valence-electron chi connectivity index (χ0n) is 10.5. The number of benzene rings is 1. The average molecular weight is 247 g/mol. The van der Waals surface area contributed by atoms with Gasteiger partial charge in [-0.2, -0.15) is 0 Å². The molecule has 18 heavy (non-hydrogen) atoms. The molecular formula is C14H17NO3. The van der Waals surface area contributed by atoms with E-state index in [1.54, 1.807) is 6.92 Å². The van der Waals surface area contributed by atoms with Crippen molar-refractivity contribution in [2.75, 3.05) is 6.54 Å². The first-order valence-electron chi connectivity index (χ1n) is 6.18. The van der Waals surface area contributed by atoms with Crippen LogP contribution in [-0.4, -0.2) is 29.4 Å². The first kappa shape index (κ1) is 12.6. The van der Waals surface area contributed by atoms with Crippen LogP contribution in [0.15, 0.2) is 30.3 Å². The SMILES string of the molecule is C[C@@H]1C(=O)CCCN1C(=O)OCc1ccccc1. The van der Waals surface area contributed by atoms with Crippen molar-refractivity contribution in [2.24, 2.45) is 0 Å². The van der Waals surface area contributed by atoms with E-state index in [2.05, 4.69) is 0 Å². The topological polar surface area (TPSA) is 46.6 Å². The molecule has 1 atom stereocenters. The first-order valence-corrected chi connectivity index (χ1v) is 6.18. The number of carbonyl (C=O) groups excluding carboxylic acids is 2. The molecule has 1 aromatic rings. The van der Waals surface area contributed by atoms with E-state index in [1.165, 1.54) is 4.90 Å². The molecule has 1 aliphatic rings. The van der Waals surface area contributed by atoms with Gasteiger partial charge >= 0.3 is 6.09 Å². The third-order valence-electron chi connectivity index (χ3n) is 3.20. The van der Waals surface area contributed by atoms with E-state index in [9.17, 15) is 9.59 Å². The van der Waals surface area contributed by atoms with Gasteiger partial charge in [0.25, 0.3) is 0 Å². The van der Waals surface area contributed by atoms with Crippen LogP contribution in [0.5, 0.6) is 0 Å². The summed E-state index contributed by atoms with van der Waals surface area (Å²) in [6, 6.07) is 9.15. The standard InChI is InChI=1S/C14H17NO3/c1-11-13(16)8-5-9-15(11)14(17)18-10-12-6-3-2-4-7-12/h2-4,6-7,11H,5,8-10H2,1H3/t11-/m1/s1. The van der Waals surface area contributed by atoms with Crippen molar-refractivity contribution in [3.05, 3.63) is 35.9 Å². The Morgan fingerprint density at radius 1 is 1.39 bits per heavy atom. The Labute approximate surface area is 107 Å². The molecule has 0 spiro atoms. The highest BCUT2D eigenvalue weighted by atomic mass is 16.6. The Bertz CT molecular complexity index is 430. The third-order valence-corrected chi connectivity index (χ3v) is 3.20. The van der Waals surface area contributed by atoms with Gasteiger partial charge in [-0.1, -0.05) is 30.3 Å². The molecule has 1 heterocycles. The number of hydrogen-bond donors (Lipinski definition) is 0. The van der Waals surface area contributed by atoms with E-state index in [1.807, 2.05) is 30.3 Å². The lowest BCUT2D eigenvalue weighted by Crippen LogP contribution is -2.47. The molecule has 2 rings (SSSR count). The summed E-state index contributed by atoms with van der Waals surface area (Å²) in [5, 5.41) is 0. The molecule has 1 amide bonds. The fourth-order valence-electron chi connectivity index (χ4n) is 2.05. The normalized spacial score (nSPS) is 19.7. The Kier molecular flexibility index (Phi) is 3.97. The molecule has 0 aromatic heterocycles. The average Bonchev–Trinajstić information content (AvgIpc) is 2.40. The second-order valence-corrected chi connectivity index (χ2v) is 4.48. The Morgan fingerprint density at radius 2 is 2.11 bits per heavy atom. The summed E-state index contributed by atoms with van der Waals surface area (Å²) in [7, 11) is 0. The van der Waals surface area contributed by atoms with E-state index in [0.717, 1.165) is 12.0 Å². The zero-order chi connectivity index (χ0) is 13.0. The molecule has 1 aromatic carbocycles. The van der Waals surface area contributed by atoms with Crippen LogP contribution in [0.1, 0.15) is 25.3 Å². The lowest BCUT2D eigenvalue weighted by molar-refractivity contribution is -0.125. The van der Waals surface area contributed by atoms with Gasteiger partial charge in [-0.05, 0) is 18.9 Å². The number of ketones is 1. The fraction of sp³-hybridized carbons (Fsp3) is 0.429. The van der Waals surface area contributed by atoms with Gasteiger partial charge in [0.2, 0.25) is 0 Å². The van der Waals surface area contributed by atoms with Crippen LogP contribution in [0.2, 0.25) is 0 Å². The largest absolute Gasteiger partial charge is 0.445 e. The van der Waals surface area contributed by atoms with Crippen molar-refractivity contribution < 1.29 is 14.3 Å². The molecule has 4 nitrogen and oxygen atoms in total. The maximum absolute atomic E-state index is 11.9. The van der Waals surface area contributed by atoms with Crippen molar-refractivity contribution in [3.8, 4) is 0 Å². The van der Waals surface area contributed by atoms with Gasteiger partial charge in [0, 0.05) is 13.0 Å². The van der Waals surface area contributed by atoms with Crippen molar-refractivity contribution >= 4 is 11.9 Å². The summed E-state index contributed by atoms with van der Waals surface area (Å²) in [6.07, 6.45) is 0.882. The lowest BCUT2D eigenvalue weighted by atomic mass is 10.0. The fourth-order valence-corrected chi connectivity index (χ4v) is 2.05. The maximum atomic E-state index is 11.9. The number of amides is 1. The van der Waals surface area contributed by atoms with Gasteiger partial charge in [-0.15, -0.1) is 0 Å². The number of Topliss-reactive ketones (excluding diaryl/α,β-unsaturated/α-hetero) is 1. The number of likely N-dealkylation sites (tertiary alicyclic amines) is 1. The molecule has 0 radical (unpaired) electrons. The molecule has 96 valence electrons. The van der Waals surface area contributed by atoms with Crippen LogP contribution in [0, 0.1) is 0 Å². The van der Waals surface area contributed by atoms with Crippen molar-refractivity contribution in [3.63, 3.8) is 0 Å². The number of ether oxygens (including phenoxy) is 1. The molecule has 0 N–H and O–H groups in total. The van der Waals surface area contributed by atoms with Gasteiger partial charge in [0.15, 0.2) is 5.78 Å². The highest BCUT2D eigenvalue weighted by Gasteiger charge is 2.30. The van der Waals surface area contributed by atoms with E-state index in [-0.39, 0.29) is 18.4 Å². The molecule has 0 unspecified atom stereocenters. The smallest absolute Gasteiger partial charge is 0.410 e. The summed E-state index contributed by atoms with van der Waals surface area (Å²) >= 11 is 0. The third kappa shape index (κ3) is 2.88. The summed E-state index contributed by atoms with van der Waals surface area (Å²) in [5.41, 5.74) is 0.946. The minimum Gasteiger partial charge on any atom is -0.445 e. The van der Waals surface area contributed by atoms with Crippen molar-refractivity contribution in [2.45, 2.75) is 32.4 Å². The predicted molar refractivity (Wildman–Crippen MR) is 67.0 cm³/mol. The molecule has 1 fully saturated rings. The highest BCUT2D eigenvalue weighted by Crippen LogP contribution is 2.15. The second kappa shape index (κ2) is 5.67. The van der Waals surface area contributed by atoms with Crippen LogP contribution in [0.25, 0.3) is 0 Å².